The fraction of sp³-hybridized carbons (Fsp3) is 0.562. The summed E-state index contributed by atoms with van der Waals surface area (Å²) in [5, 5.41) is 11.0. The molecule has 3 atom stereocenters. The maximum absolute atomic E-state index is 12.5. The summed E-state index contributed by atoms with van der Waals surface area (Å²) >= 11 is 1.57. The van der Waals surface area contributed by atoms with Gasteiger partial charge in [-0.15, -0.1) is 0 Å². The lowest BCUT2D eigenvalue weighted by molar-refractivity contribution is 0.0610. The van der Waals surface area contributed by atoms with Crippen LogP contribution in [0.4, 0.5) is 0 Å². The van der Waals surface area contributed by atoms with Crippen molar-refractivity contribution in [2.75, 3.05) is 19.7 Å². The van der Waals surface area contributed by atoms with Gasteiger partial charge < -0.3 is 9.64 Å². The molecule has 4 heterocycles. The first-order valence-electron chi connectivity index (χ1n) is 8.01. The number of aromatic amines is 1. The topological polar surface area (TPSA) is 71.1 Å². The highest BCUT2D eigenvalue weighted by molar-refractivity contribution is 7.08. The van der Waals surface area contributed by atoms with E-state index in [0.29, 0.717) is 11.8 Å². The zero-order chi connectivity index (χ0) is 15.8. The summed E-state index contributed by atoms with van der Waals surface area (Å²) in [4.78, 5) is 18.8. The van der Waals surface area contributed by atoms with Gasteiger partial charge in [0.2, 0.25) is 0 Å². The van der Waals surface area contributed by atoms with Gasteiger partial charge in [-0.2, -0.15) is 16.4 Å². The quantitative estimate of drug-likeness (QED) is 0.932. The lowest BCUT2D eigenvalue weighted by Crippen LogP contribution is -2.44. The molecule has 2 aliphatic heterocycles. The van der Waals surface area contributed by atoms with Gasteiger partial charge in [-0.3, -0.25) is 9.89 Å². The smallest absolute Gasteiger partial charge is 0.254 e. The number of amides is 1. The van der Waals surface area contributed by atoms with Crippen LogP contribution in [0.2, 0.25) is 0 Å². The van der Waals surface area contributed by atoms with E-state index in [1.54, 1.807) is 11.3 Å². The molecule has 0 spiro atoms. The number of aryl methyl sites for hydroxylation is 1. The van der Waals surface area contributed by atoms with E-state index in [1.165, 1.54) is 0 Å². The van der Waals surface area contributed by atoms with Gasteiger partial charge in [-0.05, 0) is 30.7 Å². The minimum Gasteiger partial charge on any atom is -0.377 e. The molecule has 2 saturated heterocycles. The number of fused-ring (bicyclic) bond motifs is 1. The highest BCUT2D eigenvalue weighted by Crippen LogP contribution is 2.36. The normalized spacial score (nSPS) is 27.2. The van der Waals surface area contributed by atoms with E-state index in [9.17, 15) is 4.79 Å². The number of nitrogens with one attached hydrogen (secondary N) is 1. The molecule has 2 aliphatic rings. The molecule has 0 aliphatic carbocycles. The minimum absolute atomic E-state index is 0.151. The first-order chi connectivity index (χ1) is 11.2. The number of carbonyl (C=O) groups excluding carboxylic acids is 1. The summed E-state index contributed by atoms with van der Waals surface area (Å²) < 4.78 is 6.00. The van der Waals surface area contributed by atoms with Crippen LogP contribution < -0.4 is 0 Å². The van der Waals surface area contributed by atoms with Crippen LogP contribution in [0.3, 0.4) is 0 Å². The van der Waals surface area contributed by atoms with Crippen LogP contribution in [0.1, 0.15) is 28.4 Å². The van der Waals surface area contributed by atoms with Crippen LogP contribution in [-0.4, -0.2) is 51.8 Å². The molecule has 23 heavy (non-hydrogen) atoms. The Balaban J connectivity index is 1.39. The van der Waals surface area contributed by atoms with Gasteiger partial charge in [-0.25, -0.2) is 4.98 Å². The highest BCUT2D eigenvalue weighted by atomic mass is 32.1. The predicted octanol–water partition coefficient (Wildman–Crippen LogP) is 1.89. The van der Waals surface area contributed by atoms with Crippen molar-refractivity contribution in [3.05, 3.63) is 34.0 Å². The van der Waals surface area contributed by atoms with E-state index in [0.717, 1.165) is 49.8 Å². The zero-order valence-corrected chi connectivity index (χ0v) is 13.9. The van der Waals surface area contributed by atoms with Crippen molar-refractivity contribution in [3.63, 3.8) is 0 Å². The maximum atomic E-state index is 12.5. The number of thiophene rings is 1. The maximum Gasteiger partial charge on any atom is 0.254 e. The van der Waals surface area contributed by atoms with E-state index in [4.69, 9.17) is 4.74 Å². The molecule has 7 heteroatoms. The molecule has 1 amide bonds. The highest BCUT2D eigenvalue weighted by Gasteiger charge is 2.42. The summed E-state index contributed by atoms with van der Waals surface area (Å²) in [6.07, 6.45) is 1.92. The largest absolute Gasteiger partial charge is 0.377 e. The second-order valence-electron chi connectivity index (χ2n) is 6.39. The lowest BCUT2D eigenvalue weighted by atomic mass is 9.83. The molecular formula is C16H20N4O2S. The predicted molar refractivity (Wildman–Crippen MR) is 86.4 cm³/mol. The zero-order valence-electron chi connectivity index (χ0n) is 13.1. The molecule has 4 rings (SSSR count). The van der Waals surface area contributed by atoms with Crippen LogP contribution >= 0.6 is 11.3 Å². The molecule has 0 bridgehead atoms. The van der Waals surface area contributed by atoms with Gasteiger partial charge in [0.15, 0.2) is 5.82 Å². The Kier molecular flexibility index (Phi) is 3.90. The van der Waals surface area contributed by atoms with Crippen molar-refractivity contribution >= 4 is 17.2 Å². The third-order valence-electron chi connectivity index (χ3n) is 4.88. The van der Waals surface area contributed by atoms with Gasteiger partial charge in [-0.1, -0.05) is 0 Å². The summed E-state index contributed by atoms with van der Waals surface area (Å²) in [6.45, 7) is 4.24. The van der Waals surface area contributed by atoms with Gasteiger partial charge in [0.05, 0.1) is 18.3 Å². The van der Waals surface area contributed by atoms with Crippen molar-refractivity contribution in [1.82, 2.24) is 20.1 Å². The Morgan fingerprint density at radius 1 is 1.57 bits per heavy atom. The van der Waals surface area contributed by atoms with Crippen molar-refractivity contribution in [2.24, 2.45) is 11.8 Å². The SMILES string of the molecule is Cc1nc(C[C@@H]2OC[C@H]3CN(C(=O)c4ccsc4)CC[C@H]32)n[nH]1. The average Bonchev–Trinajstić information content (AvgIpc) is 3.28. The van der Waals surface area contributed by atoms with Crippen molar-refractivity contribution in [3.8, 4) is 0 Å². The summed E-state index contributed by atoms with van der Waals surface area (Å²) in [7, 11) is 0. The molecular weight excluding hydrogens is 312 g/mol. The van der Waals surface area contributed by atoms with Crippen molar-refractivity contribution in [1.29, 1.82) is 0 Å². The van der Waals surface area contributed by atoms with Crippen LogP contribution in [0.25, 0.3) is 0 Å². The second kappa shape index (κ2) is 6.05. The Morgan fingerprint density at radius 3 is 3.22 bits per heavy atom. The minimum atomic E-state index is 0.151. The lowest BCUT2D eigenvalue weighted by Gasteiger charge is -2.35. The summed E-state index contributed by atoms with van der Waals surface area (Å²) in [5.41, 5.74) is 0.806. The summed E-state index contributed by atoms with van der Waals surface area (Å²) in [5.74, 6) is 2.74. The summed E-state index contributed by atoms with van der Waals surface area (Å²) in [6, 6.07) is 1.90. The molecule has 0 radical (unpaired) electrons. The molecule has 0 unspecified atom stereocenters. The number of piperidine rings is 1. The molecule has 2 aromatic heterocycles. The number of carbonyl (C=O) groups is 1. The molecule has 1 N–H and O–H groups in total. The number of aromatic nitrogens is 3. The standard InChI is InChI=1S/C16H20N4O2S/c1-10-17-15(19-18-10)6-14-13-2-4-20(7-12(13)8-22-14)16(21)11-3-5-23-9-11/h3,5,9,12-14H,2,4,6-8H2,1H3,(H,17,18,19)/t12-,13-,14+/m1/s1. The Morgan fingerprint density at radius 2 is 2.48 bits per heavy atom. The van der Waals surface area contributed by atoms with Crippen LogP contribution in [-0.2, 0) is 11.2 Å². The fourth-order valence-electron chi connectivity index (χ4n) is 3.71. The Hall–Kier alpha value is -1.73. The van der Waals surface area contributed by atoms with E-state index in [1.807, 2.05) is 28.7 Å². The average molecular weight is 332 g/mol. The molecule has 122 valence electrons. The number of hydrogen-bond acceptors (Lipinski definition) is 5. The molecule has 6 nitrogen and oxygen atoms in total. The van der Waals surface area contributed by atoms with E-state index in [-0.39, 0.29) is 12.0 Å². The van der Waals surface area contributed by atoms with Crippen LogP contribution in [0.5, 0.6) is 0 Å². The van der Waals surface area contributed by atoms with Gasteiger partial charge in [0.25, 0.3) is 5.91 Å². The number of nitrogens with zero attached hydrogens (tertiary/aromatic N) is 3. The third kappa shape index (κ3) is 2.90. The van der Waals surface area contributed by atoms with Gasteiger partial charge >= 0.3 is 0 Å². The fourth-order valence-corrected chi connectivity index (χ4v) is 4.34. The third-order valence-corrected chi connectivity index (χ3v) is 5.56. The van der Waals surface area contributed by atoms with Gasteiger partial charge in [0.1, 0.15) is 5.82 Å². The molecule has 2 fully saturated rings. The molecule has 0 saturated carbocycles. The first-order valence-corrected chi connectivity index (χ1v) is 8.96. The van der Waals surface area contributed by atoms with Crippen LogP contribution in [0, 0.1) is 18.8 Å². The van der Waals surface area contributed by atoms with Crippen molar-refractivity contribution in [2.45, 2.75) is 25.9 Å². The van der Waals surface area contributed by atoms with Gasteiger partial charge in [0, 0.05) is 30.8 Å². The number of likely N-dealkylation sites (tertiary alicyclic amines) is 1. The van der Waals surface area contributed by atoms with E-state index >= 15 is 0 Å². The van der Waals surface area contributed by atoms with Crippen LogP contribution in [0.15, 0.2) is 16.8 Å². The van der Waals surface area contributed by atoms with E-state index < -0.39 is 0 Å². The molecule has 2 aromatic rings. The number of H-pyrrole nitrogens is 1. The number of hydrogen-bond donors (Lipinski definition) is 1. The number of ether oxygens (including phenoxy) is 1. The Labute approximate surface area is 138 Å². The first kappa shape index (κ1) is 14.8. The molecule has 0 aromatic carbocycles. The van der Waals surface area contributed by atoms with Crippen molar-refractivity contribution < 1.29 is 9.53 Å². The monoisotopic (exact) mass is 332 g/mol. The Bertz CT molecular complexity index is 684. The second-order valence-corrected chi connectivity index (χ2v) is 7.17. The van der Waals surface area contributed by atoms with E-state index in [2.05, 4.69) is 15.2 Å². The number of rotatable bonds is 3.